The average molecular weight is 259 g/mol. The van der Waals surface area contributed by atoms with Gasteiger partial charge in [0, 0.05) is 10.0 Å². The van der Waals surface area contributed by atoms with Crippen molar-refractivity contribution in [1.29, 1.82) is 0 Å². The van der Waals surface area contributed by atoms with Gasteiger partial charge in [-0.25, -0.2) is 0 Å². The third kappa shape index (κ3) is 2.04. The van der Waals surface area contributed by atoms with E-state index in [1.165, 1.54) is 0 Å². The molecule has 0 aliphatic heterocycles. The van der Waals surface area contributed by atoms with Gasteiger partial charge >= 0.3 is 5.97 Å². The highest BCUT2D eigenvalue weighted by atomic mass is 35.5. The minimum atomic E-state index is -0.718. The van der Waals surface area contributed by atoms with Crippen molar-refractivity contribution in [1.82, 2.24) is 0 Å². The summed E-state index contributed by atoms with van der Waals surface area (Å²) in [5, 5.41) is 10.4. The van der Waals surface area contributed by atoms with Crippen LogP contribution in [0.3, 0.4) is 0 Å². The van der Waals surface area contributed by atoms with Crippen LogP contribution >= 0.6 is 23.2 Å². The van der Waals surface area contributed by atoms with Crippen LogP contribution in [0, 0.1) is 5.41 Å². The first-order chi connectivity index (χ1) is 7.53. The molecule has 0 saturated heterocycles. The first-order valence-corrected chi connectivity index (χ1v) is 5.96. The fraction of sp³-hybridized carbons (Fsp3) is 0.417. The largest absolute Gasteiger partial charge is 0.481 e. The number of hydrogen-bond acceptors (Lipinski definition) is 1. The van der Waals surface area contributed by atoms with Gasteiger partial charge in [0.25, 0.3) is 0 Å². The van der Waals surface area contributed by atoms with Crippen LogP contribution in [0.4, 0.5) is 0 Å². The number of benzene rings is 1. The normalized spacial score (nSPS) is 17.9. The quantitative estimate of drug-likeness (QED) is 0.896. The van der Waals surface area contributed by atoms with E-state index in [0.29, 0.717) is 16.5 Å². The molecule has 1 fully saturated rings. The molecular weight excluding hydrogens is 247 g/mol. The first-order valence-electron chi connectivity index (χ1n) is 5.21. The third-order valence-corrected chi connectivity index (χ3v) is 3.90. The Morgan fingerprint density at radius 3 is 2.50 bits per heavy atom. The first kappa shape index (κ1) is 11.7. The Labute approximate surface area is 104 Å². The minimum Gasteiger partial charge on any atom is -0.481 e. The van der Waals surface area contributed by atoms with Crippen molar-refractivity contribution < 1.29 is 9.90 Å². The fourth-order valence-corrected chi connectivity index (χ4v) is 2.57. The maximum absolute atomic E-state index is 11.2. The van der Waals surface area contributed by atoms with E-state index in [0.717, 1.165) is 24.8 Å². The second kappa shape index (κ2) is 4.27. The van der Waals surface area contributed by atoms with Crippen LogP contribution in [0.5, 0.6) is 0 Å². The second-order valence-electron chi connectivity index (χ2n) is 4.35. The van der Waals surface area contributed by atoms with Crippen LogP contribution in [0.25, 0.3) is 0 Å². The van der Waals surface area contributed by atoms with E-state index in [-0.39, 0.29) is 0 Å². The summed E-state index contributed by atoms with van der Waals surface area (Å²) in [6.07, 6.45) is 2.96. The summed E-state index contributed by atoms with van der Waals surface area (Å²) < 4.78 is 0. The molecular formula is C12H12Cl2O2. The summed E-state index contributed by atoms with van der Waals surface area (Å²) >= 11 is 11.8. The van der Waals surface area contributed by atoms with E-state index in [4.69, 9.17) is 23.2 Å². The molecule has 0 atom stereocenters. The van der Waals surface area contributed by atoms with Gasteiger partial charge in [0.15, 0.2) is 0 Å². The van der Waals surface area contributed by atoms with Crippen molar-refractivity contribution in [2.24, 2.45) is 5.41 Å². The van der Waals surface area contributed by atoms with Crippen LogP contribution in [0.15, 0.2) is 18.2 Å². The van der Waals surface area contributed by atoms with E-state index in [9.17, 15) is 9.90 Å². The summed E-state index contributed by atoms with van der Waals surface area (Å²) in [7, 11) is 0. The van der Waals surface area contributed by atoms with Crippen molar-refractivity contribution in [3.05, 3.63) is 33.8 Å². The molecule has 1 N–H and O–H groups in total. The highest BCUT2D eigenvalue weighted by Crippen LogP contribution is 2.45. The predicted molar refractivity (Wildman–Crippen MR) is 64.1 cm³/mol. The Morgan fingerprint density at radius 2 is 2.06 bits per heavy atom. The van der Waals surface area contributed by atoms with Gasteiger partial charge in [0.1, 0.15) is 0 Å². The van der Waals surface area contributed by atoms with Crippen molar-refractivity contribution >= 4 is 29.2 Å². The van der Waals surface area contributed by atoms with Gasteiger partial charge in [0.2, 0.25) is 0 Å². The summed E-state index contributed by atoms with van der Waals surface area (Å²) in [5.74, 6) is -0.718. The Hall–Kier alpha value is -0.730. The molecule has 1 saturated carbocycles. The third-order valence-electron chi connectivity index (χ3n) is 3.31. The molecule has 16 heavy (non-hydrogen) atoms. The SMILES string of the molecule is O=C(O)C1(Cc2ccc(Cl)cc2Cl)CCC1. The lowest BCUT2D eigenvalue weighted by Gasteiger charge is -2.37. The Kier molecular flexibility index (Phi) is 3.13. The highest BCUT2D eigenvalue weighted by Gasteiger charge is 2.44. The molecule has 0 bridgehead atoms. The summed E-state index contributed by atoms with van der Waals surface area (Å²) in [5.41, 5.74) is 0.269. The smallest absolute Gasteiger partial charge is 0.309 e. The number of aliphatic carboxylic acids is 1. The number of carbonyl (C=O) groups is 1. The molecule has 2 nitrogen and oxygen atoms in total. The van der Waals surface area contributed by atoms with Gasteiger partial charge in [0.05, 0.1) is 5.41 Å². The molecule has 1 aromatic carbocycles. The summed E-state index contributed by atoms with van der Waals surface area (Å²) in [6.45, 7) is 0. The molecule has 4 heteroatoms. The van der Waals surface area contributed by atoms with E-state index in [1.807, 2.05) is 6.07 Å². The maximum Gasteiger partial charge on any atom is 0.309 e. The summed E-state index contributed by atoms with van der Waals surface area (Å²) in [4.78, 5) is 11.2. The van der Waals surface area contributed by atoms with Gasteiger partial charge in [-0.2, -0.15) is 0 Å². The van der Waals surface area contributed by atoms with Crippen LogP contribution in [0.2, 0.25) is 10.0 Å². The highest BCUT2D eigenvalue weighted by molar-refractivity contribution is 6.35. The molecule has 0 radical (unpaired) electrons. The van der Waals surface area contributed by atoms with E-state index >= 15 is 0 Å². The van der Waals surface area contributed by atoms with Crippen molar-refractivity contribution in [2.45, 2.75) is 25.7 Å². The number of carboxylic acids is 1. The zero-order valence-corrected chi connectivity index (χ0v) is 10.2. The maximum atomic E-state index is 11.2. The van der Waals surface area contributed by atoms with Crippen molar-refractivity contribution in [2.75, 3.05) is 0 Å². The lowest BCUT2D eigenvalue weighted by molar-refractivity contribution is -0.154. The van der Waals surface area contributed by atoms with Gasteiger partial charge in [-0.05, 0) is 37.0 Å². The molecule has 86 valence electrons. The topological polar surface area (TPSA) is 37.3 Å². The Balaban J connectivity index is 2.23. The number of hydrogen-bond donors (Lipinski definition) is 1. The lowest BCUT2D eigenvalue weighted by atomic mass is 9.65. The van der Waals surface area contributed by atoms with E-state index in [1.54, 1.807) is 12.1 Å². The molecule has 1 aliphatic carbocycles. The lowest BCUT2D eigenvalue weighted by Crippen LogP contribution is -2.39. The van der Waals surface area contributed by atoms with Crippen LogP contribution in [-0.4, -0.2) is 11.1 Å². The molecule has 1 aromatic rings. The van der Waals surface area contributed by atoms with Gasteiger partial charge in [-0.15, -0.1) is 0 Å². The molecule has 0 unspecified atom stereocenters. The summed E-state index contributed by atoms with van der Waals surface area (Å²) in [6, 6.07) is 5.22. The van der Waals surface area contributed by atoms with Crippen LogP contribution in [0.1, 0.15) is 24.8 Å². The zero-order chi connectivity index (χ0) is 11.8. The van der Waals surface area contributed by atoms with Gasteiger partial charge in [-0.1, -0.05) is 35.7 Å². The number of rotatable bonds is 3. The Bertz CT molecular complexity index is 425. The predicted octanol–water partition coefficient (Wildman–Crippen LogP) is 3.79. The van der Waals surface area contributed by atoms with E-state index in [2.05, 4.69) is 0 Å². The minimum absolute atomic E-state index is 0.498. The van der Waals surface area contributed by atoms with Crippen LogP contribution in [-0.2, 0) is 11.2 Å². The molecule has 0 heterocycles. The molecule has 0 aromatic heterocycles. The Morgan fingerprint density at radius 1 is 1.38 bits per heavy atom. The standard InChI is InChI=1S/C12H12Cl2O2/c13-9-3-2-8(10(14)6-9)7-12(11(15)16)4-1-5-12/h2-3,6H,1,4-5,7H2,(H,15,16). The fourth-order valence-electron chi connectivity index (χ4n) is 2.10. The molecule has 2 rings (SSSR count). The molecule has 0 amide bonds. The zero-order valence-electron chi connectivity index (χ0n) is 8.67. The van der Waals surface area contributed by atoms with Crippen LogP contribution < -0.4 is 0 Å². The number of halogens is 2. The van der Waals surface area contributed by atoms with Gasteiger partial charge in [-0.3, -0.25) is 4.79 Å². The molecule has 1 aliphatic rings. The van der Waals surface area contributed by atoms with Crippen molar-refractivity contribution in [3.63, 3.8) is 0 Å². The number of carboxylic acid groups (broad SMARTS) is 1. The van der Waals surface area contributed by atoms with Gasteiger partial charge < -0.3 is 5.11 Å². The van der Waals surface area contributed by atoms with Crippen molar-refractivity contribution in [3.8, 4) is 0 Å². The second-order valence-corrected chi connectivity index (χ2v) is 5.20. The molecule has 0 spiro atoms. The average Bonchev–Trinajstić information content (AvgIpc) is 2.13. The van der Waals surface area contributed by atoms with E-state index < -0.39 is 11.4 Å². The monoisotopic (exact) mass is 258 g/mol.